The molecule has 0 spiro atoms. The van der Waals surface area contributed by atoms with Crippen LogP contribution in [-0.4, -0.2) is 0 Å². The van der Waals surface area contributed by atoms with Crippen LogP contribution in [0.3, 0.4) is 0 Å². The van der Waals surface area contributed by atoms with Crippen LogP contribution in [0.1, 0.15) is 90.5 Å². The Balaban J connectivity index is 2.90. The van der Waals surface area contributed by atoms with Gasteiger partial charge in [-0.1, -0.05) is 96.0 Å². The normalized spacial score (nSPS) is 11.8. The first kappa shape index (κ1) is 17.3. The van der Waals surface area contributed by atoms with Crippen LogP contribution in [0.2, 0.25) is 0 Å². The molecule has 0 saturated carbocycles. The van der Waals surface area contributed by atoms with Crippen molar-refractivity contribution in [2.45, 2.75) is 90.4 Å². The Bertz CT molecular complexity index is 317. The fourth-order valence-corrected chi connectivity index (χ4v) is 3.34. The van der Waals surface area contributed by atoms with Gasteiger partial charge in [-0.2, -0.15) is 0 Å². The molecule has 20 heavy (non-hydrogen) atoms. The number of hydrogen-bond acceptors (Lipinski definition) is 0. The van der Waals surface area contributed by atoms with E-state index in [9.17, 15) is 0 Å². The molecule has 1 rings (SSSR count). The van der Waals surface area contributed by atoms with E-state index in [1.54, 1.807) is 5.56 Å². The summed E-state index contributed by atoms with van der Waals surface area (Å²) in [4.78, 5) is 0. The van der Waals surface area contributed by atoms with Gasteiger partial charge in [-0.05, 0) is 30.2 Å². The monoisotopic (exact) mass is 274 g/mol. The summed E-state index contributed by atoms with van der Waals surface area (Å²) in [6.07, 6.45) is 13.6. The van der Waals surface area contributed by atoms with E-state index in [0.29, 0.717) is 5.41 Å². The van der Waals surface area contributed by atoms with Crippen molar-refractivity contribution in [2.24, 2.45) is 0 Å². The summed E-state index contributed by atoms with van der Waals surface area (Å²) >= 11 is 0. The SMILES string of the molecule is CCCCCC(CCCC)(CCCC)c1ccccc1. The molecule has 114 valence electrons. The average molecular weight is 274 g/mol. The lowest BCUT2D eigenvalue weighted by Gasteiger charge is -2.35. The molecular weight excluding hydrogens is 240 g/mol. The van der Waals surface area contributed by atoms with Crippen LogP contribution >= 0.6 is 0 Å². The summed E-state index contributed by atoms with van der Waals surface area (Å²) in [6.45, 7) is 6.95. The van der Waals surface area contributed by atoms with E-state index in [2.05, 4.69) is 51.1 Å². The second-order valence-electron chi connectivity index (χ2n) is 6.31. The standard InChI is InChI=1S/C20H34/c1-4-7-13-18-20(16-8-5-2,17-9-6-3)19-14-11-10-12-15-19/h10-12,14-15H,4-9,13,16-18H2,1-3H3. The molecule has 0 saturated heterocycles. The highest BCUT2D eigenvalue weighted by Gasteiger charge is 2.30. The van der Waals surface area contributed by atoms with Crippen LogP contribution in [0.4, 0.5) is 0 Å². The molecule has 0 atom stereocenters. The summed E-state index contributed by atoms with van der Waals surface area (Å²) in [5.74, 6) is 0. The topological polar surface area (TPSA) is 0 Å². The molecule has 0 nitrogen and oxygen atoms in total. The van der Waals surface area contributed by atoms with Crippen LogP contribution in [0.15, 0.2) is 30.3 Å². The molecule has 0 heteroatoms. The van der Waals surface area contributed by atoms with Gasteiger partial charge in [0.1, 0.15) is 0 Å². The lowest BCUT2D eigenvalue weighted by Crippen LogP contribution is -2.26. The third kappa shape index (κ3) is 5.31. The third-order valence-corrected chi connectivity index (χ3v) is 4.66. The van der Waals surface area contributed by atoms with Gasteiger partial charge in [-0.25, -0.2) is 0 Å². The van der Waals surface area contributed by atoms with E-state index < -0.39 is 0 Å². The van der Waals surface area contributed by atoms with Gasteiger partial charge in [0.2, 0.25) is 0 Å². The molecule has 0 unspecified atom stereocenters. The van der Waals surface area contributed by atoms with Crippen LogP contribution in [0.5, 0.6) is 0 Å². The van der Waals surface area contributed by atoms with Gasteiger partial charge < -0.3 is 0 Å². The Morgan fingerprint density at radius 1 is 0.650 bits per heavy atom. The quantitative estimate of drug-likeness (QED) is 0.386. The maximum atomic E-state index is 2.37. The number of unbranched alkanes of at least 4 members (excludes halogenated alkanes) is 4. The van der Waals surface area contributed by atoms with Crippen molar-refractivity contribution in [3.05, 3.63) is 35.9 Å². The van der Waals surface area contributed by atoms with Crippen molar-refractivity contribution in [3.8, 4) is 0 Å². The number of hydrogen-bond donors (Lipinski definition) is 0. The molecule has 1 aromatic rings. The van der Waals surface area contributed by atoms with E-state index in [-0.39, 0.29) is 0 Å². The largest absolute Gasteiger partial charge is 0.0654 e. The lowest BCUT2D eigenvalue weighted by atomic mass is 9.69. The second-order valence-corrected chi connectivity index (χ2v) is 6.31. The van der Waals surface area contributed by atoms with Crippen LogP contribution < -0.4 is 0 Å². The van der Waals surface area contributed by atoms with Crippen molar-refractivity contribution >= 4 is 0 Å². The maximum absolute atomic E-state index is 2.37. The molecule has 0 aliphatic heterocycles. The summed E-state index contributed by atoms with van der Waals surface area (Å²) < 4.78 is 0. The second kappa shape index (κ2) is 10.0. The molecule has 0 aliphatic rings. The molecule has 0 heterocycles. The van der Waals surface area contributed by atoms with Crippen molar-refractivity contribution in [3.63, 3.8) is 0 Å². The minimum atomic E-state index is 0.447. The molecule has 0 bridgehead atoms. The minimum absolute atomic E-state index is 0.447. The Labute approximate surface area is 127 Å². The molecule has 1 aromatic carbocycles. The van der Waals surface area contributed by atoms with E-state index in [1.165, 1.54) is 64.2 Å². The molecule has 0 N–H and O–H groups in total. The number of benzene rings is 1. The van der Waals surface area contributed by atoms with Gasteiger partial charge in [-0.15, -0.1) is 0 Å². The molecule has 0 fully saturated rings. The van der Waals surface area contributed by atoms with E-state index >= 15 is 0 Å². The Morgan fingerprint density at radius 2 is 1.15 bits per heavy atom. The zero-order valence-electron chi connectivity index (χ0n) is 14.0. The van der Waals surface area contributed by atoms with Gasteiger partial charge >= 0.3 is 0 Å². The van der Waals surface area contributed by atoms with Gasteiger partial charge in [0, 0.05) is 0 Å². The minimum Gasteiger partial charge on any atom is -0.0654 e. The Morgan fingerprint density at radius 3 is 1.65 bits per heavy atom. The van der Waals surface area contributed by atoms with Crippen molar-refractivity contribution in [1.29, 1.82) is 0 Å². The molecule has 0 amide bonds. The van der Waals surface area contributed by atoms with Crippen molar-refractivity contribution < 1.29 is 0 Å². The van der Waals surface area contributed by atoms with Crippen molar-refractivity contribution in [2.75, 3.05) is 0 Å². The van der Waals surface area contributed by atoms with E-state index in [0.717, 1.165) is 0 Å². The lowest BCUT2D eigenvalue weighted by molar-refractivity contribution is 0.307. The Hall–Kier alpha value is -0.780. The first-order chi connectivity index (χ1) is 9.79. The highest BCUT2D eigenvalue weighted by atomic mass is 14.3. The van der Waals surface area contributed by atoms with Gasteiger partial charge in [0.05, 0.1) is 0 Å². The molecule has 0 aromatic heterocycles. The zero-order valence-corrected chi connectivity index (χ0v) is 14.0. The first-order valence-electron chi connectivity index (χ1n) is 8.84. The van der Waals surface area contributed by atoms with Crippen molar-refractivity contribution in [1.82, 2.24) is 0 Å². The fraction of sp³-hybridized carbons (Fsp3) is 0.700. The van der Waals surface area contributed by atoms with Crippen LogP contribution in [0, 0.1) is 0 Å². The van der Waals surface area contributed by atoms with Crippen LogP contribution in [-0.2, 0) is 5.41 Å². The average Bonchev–Trinajstić information content (AvgIpc) is 2.51. The summed E-state index contributed by atoms with van der Waals surface area (Å²) in [7, 11) is 0. The molecular formula is C20H34. The van der Waals surface area contributed by atoms with Gasteiger partial charge in [0.15, 0.2) is 0 Å². The smallest absolute Gasteiger partial charge is 0.00470 e. The first-order valence-corrected chi connectivity index (χ1v) is 8.84. The summed E-state index contributed by atoms with van der Waals surface area (Å²) in [6, 6.07) is 11.3. The predicted octanol–water partition coefficient (Wildman–Crippen LogP) is 6.89. The Kier molecular flexibility index (Phi) is 8.65. The zero-order chi connectivity index (χ0) is 14.7. The summed E-state index contributed by atoms with van der Waals surface area (Å²) in [5, 5.41) is 0. The van der Waals surface area contributed by atoms with E-state index in [1.807, 2.05) is 0 Å². The summed E-state index contributed by atoms with van der Waals surface area (Å²) in [5.41, 5.74) is 2.04. The van der Waals surface area contributed by atoms with Crippen LogP contribution in [0.25, 0.3) is 0 Å². The van der Waals surface area contributed by atoms with Gasteiger partial charge in [0.25, 0.3) is 0 Å². The highest BCUT2D eigenvalue weighted by molar-refractivity contribution is 5.25. The predicted molar refractivity (Wildman–Crippen MR) is 91.3 cm³/mol. The van der Waals surface area contributed by atoms with E-state index in [4.69, 9.17) is 0 Å². The fourth-order valence-electron chi connectivity index (χ4n) is 3.34. The third-order valence-electron chi connectivity index (χ3n) is 4.66. The maximum Gasteiger partial charge on any atom is -0.00470 e. The van der Waals surface area contributed by atoms with Gasteiger partial charge in [-0.3, -0.25) is 0 Å². The molecule has 0 aliphatic carbocycles. The molecule has 0 radical (unpaired) electrons. The highest BCUT2D eigenvalue weighted by Crippen LogP contribution is 2.40. The number of rotatable bonds is 11.